The van der Waals surface area contributed by atoms with Crippen LogP contribution in [0.2, 0.25) is 0 Å². The number of fused-ring (bicyclic) bond motifs is 1. The minimum absolute atomic E-state index is 0.109. The summed E-state index contributed by atoms with van der Waals surface area (Å²) in [5.41, 5.74) is 4.29. The van der Waals surface area contributed by atoms with Gasteiger partial charge in [-0.15, -0.1) is 0 Å². The maximum atomic E-state index is 12.3. The fraction of sp³-hybridized carbons (Fsp3) is 0. The third-order valence-electron chi connectivity index (χ3n) is 3.33. The van der Waals surface area contributed by atoms with Crippen molar-refractivity contribution in [3.05, 3.63) is 60.3 Å². The smallest absolute Gasteiger partial charge is 0.293 e. The Bertz CT molecular complexity index is 966. The van der Waals surface area contributed by atoms with Crippen molar-refractivity contribution in [3.8, 4) is 5.69 Å². The number of halogens is 1. The summed E-state index contributed by atoms with van der Waals surface area (Å²) in [7, 11) is 0. The average Bonchev–Trinajstić information content (AvgIpc) is 2.73. The van der Waals surface area contributed by atoms with Crippen LogP contribution in [0.15, 0.2) is 33.5 Å². The molecule has 0 saturated heterocycles. The van der Waals surface area contributed by atoms with Crippen LogP contribution in [0.1, 0.15) is 20.7 Å². The fourth-order valence-electron chi connectivity index (χ4n) is 2.36. The molecule has 0 spiro atoms. The van der Waals surface area contributed by atoms with Gasteiger partial charge in [-0.25, -0.2) is 0 Å². The summed E-state index contributed by atoms with van der Waals surface area (Å²) >= 11 is 3.16. The Balaban J connectivity index is 2.40. The molecule has 0 saturated carbocycles. The minimum Gasteiger partial charge on any atom is -0.384 e. The zero-order chi connectivity index (χ0) is 16.9. The van der Waals surface area contributed by atoms with Crippen molar-refractivity contribution in [1.29, 1.82) is 0 Å². The minimum atomic E-state index is -0.757. The number of nitrogens with one attached hydrogen (secondary N) is 1. The number of benzene rings is 1. The molecule has 1 aliphatic heterocycles. The van der Waals surface area contributed by atoms with E-state index in [9.17, 15) is 24.5 Å². The van der Waals surface area contributed by atoms with E-state index in [1.165, 1.54) is 18.2 Å². The molecule has 1 aliphatic rings. The van der Waals surface area contributed by atoms with Crippen molar-refractivity contribution in [3.63, 3.8) is 0 Å². The SMILES string of the molecule is Nc1c2c(cc(=O)n1-c1cc(Br)ccc1[N+](=O)[O-])C(=O)NC2=O. The number of aromatic nitrogens is 1. The van der Waals surface area contributed by atoms with Crippen LogP contribution in [0.3, 0.4) is 0 Å². The van der Waals surface area contributed by atoms with Gasteiger partial charge in [0.1, 0.15) is 11.5 Å². The summed E-state index contributed by atoms with van der Waals surface area (Å²) < 4.78 is 1.31. The van der Waals surface area contributed by atoms with Crippen molar-refractivity contribution in [2.24, 2.45) is 0 Å². The Labute approximate surface area is 136 Å². The molecule has 3 rings (SSSR count). The molecule has 0 fully saturated rings. The lowest BCUT2D eigenvalue weighted by Crippen LogP contribution is -2.24. The topological polar surface area (TPSA) is 137 Å². The van der Waals surface area contributed by atoms with Gasteiger partial charge in [-0.3, -0.25) is 34.4 Å². The average molecular weight is 379 g/mol. The Hall–Kier alpha value is -3.01. The number of nitrogens with zero attached hydrogens (tertiary/aromatic N) is 2. The van der Waals surface area contributed by atoms with Crippen molar-refractivity contribution in [2.45, 2.75) is 0 Å². The summed E-state index contributed by atoms with van der Waals surface area (Å²) in [6.07, 6.45) is 0. The number of imide groups is 1. The van der Waals surface area contributed by atoms with E-state index in [1.807, 2.05) is 5.32 Å². The molecule has 0 atom stereocenters. The van der Waals surface area contributed by atoms with Gasteiger partial charge in [0.2, 0.25) is 0 Å². The number of rotatable bonds is 2. The van der Waals surface area contributed by atoms with Crippen LogP contribution < -0.4 is 16.6 Å². The van der Waals surface area contributed by atoms with Gasteiger partial charge in [-0.1, -0.05) is 15.9 Å². The number of nitrogens with two attached hydrogens (primary N) is 1. The lowest BCUT2D eigenvalue weighted by molar-refractivity contribution is -0.384. The molecule has 10 heteroatoms. The number of hydrogen-bond donors (Lipinski definition) is 2. The zero-order valence-electron chi connectivity index (χ0n) is 11.2. The van der Waals surface area contributed by atoms with E-state index < -0.39 is 22.3 Å². The zero-order valence-corrected chi connectivity index (χ0v) is 12.8. The van der Waals surface area contributed by atoms with E-state index in [2.05, 4.69) is 15.9 Å². The standard InChI is InChI=1S/C13H7BrN4O5/c14-5-1-2-7(18(22)23)8(3-5)17-9(19)4-6-10(11(17)15)13(21)16-12(6)20/h1-4H,15H2,(H,16,20,21). The predicted octanol–water partition coefficient (Wildman–Crippen LogP) is 0.974. The first-order chi connectivity index (χ1) is 10.8. The number of anilines is 1. The highest BCUT2D eigenvalue weighted by Gasteiger charge is 2.33. The number of amides is 2. The maximum Gasteiger partial charge on any atom is 0.293 e. The van der Waals surface area contributed by atoms with E-state index in [-0.39, 0.29) is 28.3 Å². The van der Waals surface area contributed by atoms with Crippen LogP contribution in [-0.4, -0.2) is 21.3 Å². The molecule has 0 radical (unpaired) electrons. The van der Waals surface area contributed by atoms with Gasteiger partial charge in [-0.05, 0) is 12.1 Å². The number of nitro groups is 1. The molecule has 9 nitrogen and oxygen atoms in total. The van der Waals surface area contributed by atoms with Crippen LogP contribution >= 0.6 is 15.9 Å². The first-order valence-corrected chi connectivity index (χ1v) is 6.96. The second kappa shape index (κ2) is 5.02. The van der Waals surface area contributed by atoms with Gasteiger partial charge in [0.05, 0.1) is 16.1 Å². The number of hydrogen-bond acceptors (Lipinski definition) is 6. The van der Waals surface area contributed by atoms with E-state index in [4.69, 9.17) is 5.73 Å². The fourth-order valence-corrected chi connectivity index (χ4v) is 2.71. The lowest BCUT2D eigenvalue weighted by Gasteiger charge is -2.12. The number of nitrogen functional groups attached to an aromatic ring is 1. The molecule has 3 N–H and O–H groups in total. The molecule has 0 unspecified atom stereocenters. The van der Waals surface area contributed by atoms with Gasteiger partial charge in [0.15, 0.2) is 0 Å². The third-order valence-corrected chi connectivity index (χ3v) is 3.82. The van der Waals surface area contributed by atoms with Gasteiger partial charge in [0, 0.05) is 16.6 Å². The predicted molar refractivity (Wildman–Crippen MR) is 82.6 cm³/mol. The molecule has 23 heavy (non-hydrogen) atoms. The van der Waals surface area contributed by atoms with E-state index in [0.717, 1.165) is 10.6 Å². The number of nitro benzene ring substituents is 1. The van der Waals surface area contributed by atoms with Gasteiger partial charge >= 0.3 is 0 Å². The molecular weight excluding hydrogens is 372 g/mol. The quantitative estimate of drug-likeness (QED) is 0.453. The lowest BCUT2D eigenvalue weighted by atomic mass is 10.1. The molecule has 116 valence electrons. The van der Waals surface area contributed by atoms with Crippen molar-refractivity contribution >= 4 is 39.2 Å². The molecular formula is C13H7BrN4O5. The second-order valence-corrected chi connectivity index (χ2v) is 5.58. The summed E-state index contributed by atoms with van der Waals surface area (Å²) in [6, 6.07) is 4.89. The first-order valence-electron chi connectivity index (χ1n) is 6.16. The van der Waals surface area contributed by atoms with Crippen LogP contribution in [0.25, 0.3) is 5.69 Å². The van der Waals surface area contributed by atoms with Crippen molar-refractivity contribution in [1.82, 2.24) is 9.88 Å². The number of pyridine rings is 1. The Kier molecular flexibility index (Phi) is 3.25. The third kappa shape index (κ3) is 2.19. The second-order valence-electron chi connectivity index (χ2n) is 4.67. The molecule has 0 aliphatic carbocycles. The summed E-state index contributed by atoms with van der Waals surface area (Å²) in [5, 5.41) is 13.2. The maximum absolute atomic E-state index is 12.3. The first kappa shape index (κ1) is 14.9. The van der Waals surface area contributed by atoms with Crippen LogP contribution in [0, 0.1) is 10.1 Å². The van der Waals surface area contributed by atoms with Crippen molar-refractivity contribution in [2.75, 3.05) is 5.73 Å². The van der Waals surface area contributed by atoms with Crippen molar-refractivity contribution < 1.29 is 14.5 Å². The van der Waals surface area contributed by atoms with E-state index in [1.54, 1.807) is 0 Å². The molecule has 1 aromatic carbocycles. The Morgan fingerprint density at radius 2 is 1.87 bits per heavy atom. The normalized spacial score (nSPS) is 12.9. The summed E-state index contributed by atoms with van der Waals surface area (Å²) in [6.45, 7) is 0. The molecule has 1 aromatic heterocycles. The van der Waals surface area contributed by atoms with Crippen LogP contribution in [0.5, 0.6) is 0 Å². The van der Waals surface area contributed by atoms with Gasteiger partial charge in [0.25, 0.3) is 23.1 Å². The summed E-state index contributed by atoms with van der Waals surface area (Å²) in [5.74, 6) is -1.82. The van der Waals surface area contributed by atoms with Gasteiger partial charge in [-0.2, -0.15) is 0 Å². The number of carbonyl (C=O) groups excluding carboxylic acids is 2. The van der Waals surface area contributed by atoms with E-state index >= 15 is 0 Å². The highest BCUT2D eigenvalue weighted by molar-refractivity contribution is 9.10. The largest absolute Gasteiger partial charge is 0.384 e. The van der Waals surface area contributed by atoms with Crippen LogP contribution in [-0.2, 0) is 0 Å². The van der Waals surface area contributed by atoms with E-state index in [0.29, 0.717) is 4.47 Å². The Morgan fingerprint density at radius 1 is 1.17 bits per heavy atom. The molecule has 2 amide bonds. The molecule has 2 heterocycles. The van der Waals surface area contributed by atoms with Gasteiger partial charge < -0.3 is 5.73 Å². The number of carbonyl (C=O) groups is 2. The van der Waals surface area contributed by atoms with Crippen LogP contribution in [0.4, 0.5) is 11.5 Å². The highest BCUT2D eigenvalue weighted by atomic mass is 79.9. The summed E-state index contributed by atoms with van der Waals surface area (Å²) in [4.78, 5) is 46.2. The Morgan fingerprint density at radius 3 is 2.52 bits per heavy atom. The highest BCUT2D eigenvalue weighted by Crippen LogP contribution is 2.29. The monoisotopic (exact) mass is 378 g/mol. The molecule has 2 aromatic rings. The molecule has 0 bridgehead atoms.